The summed E-state index contributed by atoms with van der Waals surface area (Å²) in [5.74, 6) is -0.0451. The molecule has 1 amide bonds. The summed E-state index contributed by atoms with van der Waals surface area (Å²) in [5.41, 5.74) is 0. The standard InChI is InChI=1S/C13H22N4O3S/c1-21(19,20)17-10-4-12(5-11-17)13(18)14-6-2-8-16-9-3-7-15-16/h3,7,9,12H,2,4-6,8,10-11H2,1H3,(H,14,18). The van der Waals surface area contributed by atoms with E-state index in [2.05, 4.69) is 10.4 Å². The molecule has 1 saturated heterocycles. The molecule has 1 fully saturated rings. The van der Waals surface area contributed by atoms with Gasteiger partial charge in [-0.25, -0.2) is 12.7 Å². The third-order valence-corrected chi connectivity index (χ3v) is 5.02. The third-order valence-electron chi connectivity index (χ3n) is 3.72. The van der Waals surface area contributed by atoms with Crippen LogP contribution in [-0.2, 0) is 21.4 Å². The van der Waals surface area contributed by atoms with Gasteiger partial charge in [0.2, 0.25) is 15.9 Å². The maximum atomic E-state index is 12.0. The van der Waals surface area contributed by atoms with Crippen molar-refractivity contribution in [3.8, 4) is 0 Å². The Morgan fingerprint density at radius 3 is 2.67 bits per heavy atom. The van der Waals surface area contributed by atoms with Crippen molar-refractivity contribution < 1.29 is 13.2 Å². The first kappa shape index (κ1) is 16.0. The molecule has 8 heteroatoms. The van der Waals surface area contributed by atoms with Gasteiger partial charge in [-0.15, -0.1) is 0 Å². The van der Waals surface area contributed by atoms with Crippen molar-refractivity contribution in [1.82, 2.24) is 19.4 Å². The molecule has 1 aromatic rings. The van der Waals surface area contributed by atoms with Gasteiger partial charge in [0.25, 0.3) is 0 Å². The van der Waals surface area contributed by atoms with Crippen LogP contribution in [0.1, 0.15) is 19.3 Å². The van der Waals surface area contributed by atoms with Crippen LogP contribution in [0.5, 0.6) is 0 Å². The van der Waals surface area contributed by atoms with Crippen LogP contribution in [0.3, 0.4) is 0 Å². The predicted molar refractivity (Wildman–Crippen MR) is 79.0 cm³/mol. The van der Waals surface area contributed by atoms with Crippen molar-refractivity contribution >= 4 is 15.9 Å². The van der Waals surface area contributed by atoms with Gasteiger partial charge in [-0.05, 0) is 25.3 Å². The molecule has 1 N–H and O–H groups in total. The lowest BCUT2D eigenvalue weighted by molar-refractivity contribution is -0.126. The van der Waals surface area contributed by atoms with Gasteiger partial charge in [-0.2, -0.15) is 5.10 Å². The van der Waals surface area contributed by atoms with Gasteiger partial charge < -0.3 is 5.32 Å². The average molecular weight is 314 g/mol. The molecule has 0 unspecified atom stereocenters. The van der Waals surface area contributed by atoms with E-state index in [1.54, 1.807) is 6.20 Å². The second-order valence-electron chi connectivity index (χ2n) is 5.35. The molecular weight excluding hydrogens is 292 g/mol. The Hall–Kier alpha value is -1.41. The van der Waals surface area contributed by atoms with Crippen molar-refractivity contribution in [3.05, 3.63) is 18.5 Å². The number of aryl methyl sites for hydroxylation is 1. The Kier molecular flexibility index (Phi) is 5.35. The van der Waals surface area contributed by atoms with Crippen LogP contribution < -0.4 is 5.32 Å². The fourth-order valence-corrected chi connectivity index (χ4v) is 3.35. The molecule has 1 aliphatic heterocycles. The van der Waals surface area contributed by atoms with E-state index in [9.17, 15) is 13.2 Å². The first-order chi connectivity index (χ1) is 9.97. The van der Waals surface area contributed by atoms with E-state index >= 15 is 0 Å². The minimum Gasteiger partial charge on any atom is -0.356 e. The first-order valence-corrected chi connectivity index (χ1v) is 9.02. The molecule has 0 aromatic carbocycles. The lowest BCUT2D eigenvalue weighted by Gasteiger charge is -2.29. The number of carbonyl (C=O) groups excluding carboxylic acids is 1. The number of amides is 1. The van der Waals surface area contributed by atoms with Crippen molar-refractivity contribution in [3.63, 3.8) is 0 Å². The van der Waals surface area contributed by atoms with Crippen LogP contribution in [0.2, 0.25) is 0 Å². The average Bonchev–Trinajstić information content (AvgIpc) is 2.96. The molecule has 7 nitrogen and oxygen atoms in total. The van der Waals surface area contributed by atoms with Crippen LogP contribution in [-0.4, -0.2) is 54.3 Å². The predicted octanol–water partition coefficient (Wildman–Crippen LogP) is 0.0610. The first-order valence-electron chi connectivity index (χ1n) is 7.17. The Morgan fingerprint density at radius 1 is 1.38 bits per heavy atom. The number of aromatic nitrogens is 2. The zero-order valence-electron chi connectivity index (χ0n) is 12.2. The summed E-state index contributed by atoms with van der Waals surface area (Å²) in [7, 11) is -3.13. The highest BCUT2D eigenvalue weighted by Gasteiger charge is 2.28. The third kappa shape index (κ3) is 4.82. The number of hydrogen-bond acceptors (Lipinski definition) is 4. The number of hydrogen-bond donors (Lipinski definition) is 1. The monoisotopic (exact) mass is 314 g/mol. The van der Waals surface area contributed by atoms with Crippen molar-refractivity contribution in [2.24, 2.45) is 5.92 Å². The lowest BCUT2D eigenvalue weighted by Crippen LogP contribution is -2.42. The van der Waals surface area contributed by atoms with Gasteiger partial charge in [0.05, 0.1) is 6.26 Å². The van der Waals surface area contributed by atoms with E-state index in [1.165, 1.54) is 10.6 Å². The summed E-state index contributed by atoms with van der Waals surface area (Å²) in [6.07, 6.45) is 6.85. The van der Waals surface area contributed by atoms with E-state index in [1.807, 2.05) is 16.9 Å². The summed E-state index contributed by atoms with van der Waals surface area (Å²) in [6, 6.07) is 1.87. The van der Waals surface area contributed by atoms with Crippen LogP contribution in [0.25, 0.3) is 0 Å². The maximum Gasteiger partial charge on any atom is 0.223 e. The van der Waals surface area contributed by atoms with Crippen molar-refractivity contribution in [2.45, 2.75) is 25.8 Å². The Bertz CT molecular complexity index is 548. The second kappa shape index (κ2) is 7.04. The highest BCUT2D eigenvalue weighted by atomic mass is 32.2. The molecule has 0 radical (unpaired) electrons. The van der Waals surface area contributed by atoms with Gasteiger partial charge in [0.1, 0.15) is 0 Å². The molecule has 118 valence electrons. The van der Waals surface area contributed by atoms with E-state index in [0.717, 1.165) is 13.0 Å². The van der Waals surface area contributed by atoms with Gasteiger partial charge in [-0.3, -0.25) is 9.48 Å². The van der Waals surface area contributed by atoms with Gasteiger partial charge in [0, 0.05) is 44.5 Å². The molecule has 2 rings (SSSR count). The summed E-state index contributed by atoms with van der Waals surface area (Å²) >= 11 is 0. The number of sulfonamides is 1. The molecule has 0 saturated carbocycles. The minimum absolute atomic E-state index is 0.0311. The largest absolute Gasteiger partial charge is 0.356 e. The number of nitrogens with zero attached hydrogens (tertiary/aromatic N) is 3. The van der Waals surface area contributed by atoms with Crippen LogP contribution >= 0.6 is 0 Å². The molecule has 0 atom stereocenters. The Balaban J connectivity index is 1.65. The normalized spacial score (nSPS) is 17.8. The smallest absolute Gasteiger partial charge is 0.223 e. The number of carbonyl (C=O) groups is 1. The number of rotatable bonds is 6. The number of piperidine rings is 1. The van der Waals surface area contributed by atoms with E-state index in [0.29, 0.717) is 32.5 Å². The minimum atomic E-state index is -3.13. The molecule has 1 aliphatic rings. The van der Waals surface area contributed by atoms with E-state index < -0.39 is 10.0 Å². The zero-order valence-corrected chi connectivity index (χ0v) is 13.1. The highest BCUT2D eigenvalue weighted by Crippen LogP contribution is 2.19. The van der Waals surface area contributed by atoms with Crippen LogP contribution in [0.15, 0.2) is 18.5 Å². The van der Waals surface area contributed by atoms with E-state index in [4.69, 9.17) is 0 Å². The maximum absolute atomic E-state index is 12.0. The number of nitrogens with one attached hydrogen (secondary N) is 1. The highest BCUT2D eigenvalue weighted by molar-refractivity contribution is 7.88. The SMILES string of the molecule is CS(=O)(=O)N1CCC(C(=O)NCCCn2cccn2)CC1. The van der Waals surface area contributed by atoms with Crippen molar-refractivity contribution in [2.75, 3.05) is 25.9 Å². The zero-order chi connectivity index (χ0) is 15.3. The summed E-state index contributed by atoms with van der Waals surface area (Å²) in [4.78, 5) is 12.0. The van der Waals surface area contributed by atoms with Crippen molar-refractivity contribution in [1.29, 1.82) is 0 Å². The fourth-order valence-electron chi connectivity index (χ4n) is 2.48. The summed E-state index contributed by atoms with van der Waals surface area (Å²) in [6.45, 7) is 2.26. The summed E-state index contributed by atoms with van der Waals surface area (Å²) < 4.78 is 26.1. The molecule has 0 spiro atoms. The van der Waals surface area contributed by atoms with Gasteiger partial charge in [0.15, 0.2) is 0 Å². The fraction of sp³-hybridized carbons (Fsp3) is 0.692. The quantitative estimate of drug-likeness (QED) is 0.753. The topological polar surface area (TPSA) is 84.3 Å². The second-order valence-corrected chi connectivity index (χ2v) is 7.33. The molecule has 21 heavy (non-hydrogen) atoms. The van der Waals surface area contributed by atoms with Gasteiger partial charge >= 0.3 is 0 Å². The van der Waals surface area contributed by atoms with E-state index in [-0.39, 0.29) is 11.8 Å². The van der Waals surface area contributed by atoms with Crippen LogP contribution in [0, 0.1) is 5.92 Å². The lowest BCUT2D eigenvalue weighted by atomic mass is 9.97. The molecule has 0 aliphatic carbocycles. The molecular formula is C13H22N4O3S. The Labute approximate surface area is 125 Å². The Morgan fingerprint density at radius 2 is 2.10 bits per heavy atom. The molecule has 2 heterocycles. The van der Waals surface area contributed by atoms with Crippen LogP contribution in [0.4, 0.5) is 0 Å². The molecule has 0 bridgehead atoms. The summed E-state index contributed by atoms with van der Waals surface area (Å²) in [5, 5.41) is 7.02. The van der Waals surface area contributed by atoms with Gasteiger partial charge in [-0.1, -0.05) is 0 Å². The molecule has 1 aromatic heterocycles.